The van der Waals surface area contributed by atoms with Crippen molar-refractivity contribution >= 4 is 18.3 Å². The van der Waals surface area contributed by atoms with E-state index in [4.69, 9.17) is 9.47 Å². The average Bonchev–Trinajstić information content (AvgIpc) is 2.27. The van der Waals surface area contributed by atoms with Gasteiger partial charge in [0.15, 0.2) is 0 Å². The number of hydrogen-bond donors (Lipinski definition) is 2. The highest BCUT2D eigenvalue weighted by atomic mass is 35.5. The molecule has 1 fully saturated rings. The first kappa shape index (κ1) is 15.6. The molecule has 1 aliphatic heterocycles. The largest absolute Gasteiger partial charge is 0.385 e. The summed E-state index contributed by atoms with van der Waals surface area (Å²) in [4.78, 5) is 11.7. The summed E-state index contributed by atoms with van der Waals surface area (Å²) in [6.07, 6.45) is 0.829. The highest BCUT2D eigenvalue weighted by molar-refractivity contribution is 5.85. The summed E-state index contributed by atoms with van der Waals surface area (Å²) in [5.74, 6) is 0.0123. The van der Waals surface area contributed by atoms with Crippen LogP contribution in [0.3, 0.4) is 0 Å². The number of halogens is 1. The van der Waals surface area contributed by atoms with Gasteiger partial charge in [0.1, 0.15) is 6.04 Å². The molecule has 0 radical (unpaired) electrons. The maximum atomic E-state index is 11.7. The lowest BCUT2D eigenvalue weighted by atomic mass is 10.2. The second kappa shape index (κ2) is 8.75. The van der Waals surface area contributed by atoms with Gasteiger partial charge in [-0.25, -0.2) is 0 Å². The van der Waals surface area contributed by atoms with Crippen molar-refractivity contribution in [2.75, 3.05) is 33.5 Å². The molecular weight excluding hydrogens is 232 g/mol. The fourth-order valence-electron chi connectivity index (χ4n) is 1.44. The molecule has 2 atom stereocenters. The van der Waals surface area contributed by atoms with Crippen LogP contribution in [0.1, 0.15) is 13.3 Å². The number of carbonyl (C=O) groups excluding carboxylic acids is 1. The monoisotopic (exact) mass is 252 g/mol. The minimum atomic E-state index is -0.205. The molecule has 0 saturated carbocycles. The van der Waals surface area contributed by atoms with Crippen molar-refractivity contribution in [3.8, 4) is 0 Å². The Labute approximate surface area is 103 Å². The van der Waals surface area contributed by atoms with Crippen molar-refractivity contribution in [3.63, 3.8) is 0 Å². The third-order valence-corrected chi connectivity index (χ3v) is 2.38. The van der Waals surface area contributed by atoms with E-state index in [1.165, 1.54) is 0 Å². The van der Waals surface area contributed by atoms with Gasteiger partial charge in [0.2, 0.25) is 5.91 Å². The molecule has 1 heterocycles. The zero-order valence-electron chi connectivity index (χ0n) is 9.82. The number of rotatable bonds is 5. The Bertz CT molecular complexity index is 199. The Kier molecular flexibility index (Phi) is 8.56. The standard InChI is InChI=1S/C10H20N2O3.ClH/c1-8(3-5-14-2)12-10(13)9-7-15-6-4-11-9;/h8-9,11H,3-7H2,1-2H3,(H,12,13);1H. The topological polar surface area (TPSA) is 59.6 Å². The smallest absolute Gasteiger partial charge is 0.239 e. The minimum absolute atomic E-state index is 0. The number of morpholine rings is 1. The number of carbonyl (C=O) groups is 1. The van der Waals surface area contributed by atoms with E-state index in [-0.39, 0.29) is 30.4 Å². The van der Waals surface area contributed by atoms with Crippen molar-refractivity contribution in [2.45, 2.75) is 25.4 Å². The quantitative estimate of drug-likeness (QED) is 0.720. The third-order valence-electron chi connectivity index (χ3n) is 2.38. The lowest BCUT2D eigenvalue weighted by molar-refractivity contribution is -0.126. The van der Waals surface area contributed by atoms with E-state index >= 15 is 0 Å². The number of hydrogen-bond acceptors (Lipinski definition) is 4. The molecule has 16 heavy (non-hydrogen) atoms. The molecule has 6 heteroatoms. The van der Waals surface area contributed by atoms with Crippen LogP contribution in [0.2, 0.25) is 0 Å². The van der Waals surface area contributed by atoms with Crippen molar-refractivity contribution in [1.82, 2.24) is 10.6 Å². The molecule has 1 rings (SSSR count). The Hall–Kier alpha value is -0.360. The van der Waals surface area contributed by atoms with Gasteiger partial charge in [0.25, 0.3) is 0 Å². The Morgan fingerprint density at radius 1 is 1.69 bits per heavy atom. The van der Waals surface area contributed by atoms with Crippen LogP contribution in [0.4, 0.5) is 0 Å². The third kappa shape index (κ3) is 5.65. The fraction of sp³-hybridized carbons (Fsp3) is 0.900. The first-order chi connectivity index (χ1) is 7.24. The second-order valence-corrected chi connectivity index (χ2v) is 3.77. The molecule has 0 aromatic rings. The summed E-state index contributed by atoms with van der Waals surface area (Å²) >= 11 is 0. The highest BCUT2D eigenvalue weighted by Crippen LogP contribution is 1.96. The SMILES string of the molecule is COCCC(C)NC(=O)C1COCCN1.Cl. The molecule has 0 aliphatic carbocycles. The van der Waals surface area contributed by atoms with Crippen LogP contribution in [-0.4, -0.2) is 51.5 Å². The lowest BCUT2D eigenvalue weighted by Crippen LogP contribution is -2.53. The molecule has 1 aliphatic rings. The Morgan fingerprint density at radius 3 is 3.00 bits per heavy atom. The summed E-state index contributed by atoms with van der Waals surface area (Å²) in [6.45, 7) is 4.52. The number of amides is 1. The van der Waals surface area contributed by atoms with Gasteiger partial charge in [0, 0.05) is 26.3 Å². The van der Waals surface area contributed by atoms with Gasteiger partial charge in [-0.15, -0.1) is 12.4 Å². The predicted molar refractivity (Wildman–Crippen MR) is 64.0 cm³/mol. The highest BCUT2D eigenvalue weighted by Gasteiger charge is 2.21. The first-order valence-electron chi connectivity index (χ1n) is 5.34. The second-order valence-electron chi connectivity index (χ2n) is 3.77. The molecule has 0 aromatic carbocycles. The summed E-state index contributed by atoms with van der Waals surface area (Å²) in [5.41, 5.74) is 0. The molecule has 1 amide bonds. The molecule has 96 valence electrons. The lowest BCUT2D eigenvalue weighted by Gasteiger charge is -2.24. The minimum Gasteiger partial charge on any atom is -0.385 e. The van der Waals surface area contributed by atoms with Crippen LogP contribution in [-0.2, 0) is 14.3 Å². The van der Waals surface area contributed by atoms with E-state index in [9.17, 15) is 4.79 Å². The average molecular weight is 253 g/mol. The normalized spacial score (nSPS) is 22.0. The van der Waals surface area contributed by atoms with E-state index < -0.39 is 0 Å². The molecule has 0 aromatic heterocycles. The maximum absolute atomic E-state index is 11.7. The molecule has 5 nitrogen and oxygen atoms in total. The number of methoxy groups -OCH3 is 1. The van der Waals surface area contributed by atoms with Gasteiger partial charge in [-0.2, -0.15) is 0 Å². The molecule has 2 N–H and O–H groups in total. The zero-order valence-corrected chi connectivity index (χ0v) is 10.6. The van der Waals surface area contributed by atoms with Crippen LogP contribution >= 0.6 is 12.4 Å². The van der Waals surface area contributed by atoms with E-state index in [1.54, 1.807) is 7.11 Å². The van der Waals surface area contributed by atoms with Crippen LogP contribution in [0.15, 0.2) is 0 Å². The van der Waals surface area contributed by atoms with E-state index in [0.717, 1.165) is 13.0 Å². The van der Waals surface area contributed by atoms with Gasteiger partial charge in [-0.3, -0.25) is 4.79 Å². The summed E-state index contributed by atoms with van der Waals surface area (Å²) < 4.78 is 10.2. The Balaban J connectivity index is 0.00000225. The van der Waals surface area contributed by atoms with Crippen molar-refractivity contribution in [3.05, 3.63) is 0 Å². The van der Waals surface area contributed by atoms with Gasteiger partial charge in [-0.05, 0) is 13.3 Å². The summed E-state index contributed by atoms with van der Waals surface area (Å²) in [7, 11) is 1.66. The zero-order chi connectivity index (χ0) is 11.1. The van der Waals surface area contributed by atoms with Crippen LogP contribution < -0.4 is 10.6 Å². The van der Waals surface area contributed by atoms with Crippen molar-refractivity contribution in [2.24, 2.45) is 0 Å². The predicted octanol–water partition coefficient (Wildman–Crippen LogP) is -0.0622. The van der Waals surface area contributed by atoms with Crippen LogP contribution in [0.5, 0.6) is 0 Å². The van der Waals surface area contributed by atoms with Crippen molar-refractivity contribution in [1.29, 1.82) is 0 Å². The van der Waals surface area contributed by atoms with Crippen LogP contribution in [0.25, 0.3) is 0 Å². The molecule has 1 saturated heterocycles. The van der Waals surface area contributed by atoms with Gasteiger partial charge in [0.05, 0.1) is 13.2 Å². The molecule has 0 bridgehead atoms. The van der Waals surface area contributed by atoms with Gasteiger partial charge in [-0.1, -0.05) is 0 Å². The summed E-state index contributed by atoms with van der Waals surface area (Å²) in [5, 5.41) is 6.03. The summed E-state index contributed by atoms with van der Waals surface area (Å²) in [6, 6.07) is -0.0649. The maximum Gasteiger partial charge on any atom is 0.239 e. The molecule has 2 unspecified atom stereocenters. The van der Waals surface area contributed by atoms with E-state index in [2.05, 4.69) is 10.6 Å². The molecular formula is C10H21ClN2O3. The van der Waals surface area contributed by atoms with E-state index in [0.29, 0.717) is 19.8 Å². The Morgan fingerprint density at radius 2 is 2.44 bits per heavy atom. The number of nitrogens with one attached hydrogen (secondary N) is 2. The van der Waals surface area contributed by atoms with Gasteiger partial charge >= 0.3 is 0 Å². The molecule has 0 spiro atoms. The van der Waals surface area contributed by atoms with Crippen LogP contribution in [0, 0.1) is 0 Å². The fourth-order valence-corrected chi connectivity index (χ4v) is 1.44. The number of ether oxygens (including phenoxy) is 2. The van der Waals surface area contributed by atoms with E-state index in [1.807, 2.05) is 6.92 Å². The van der Waals surface area contributed by atoms with Gasteiger partial charge < -0.3 is 20.1 Å². The first-order valence-corrected chi connectivity index (χ1v) is 5.34. The van der Waals surface area contributed by atoms with Crippen molar-refractivity contribution < 1.29 is 14.3 Å².